The van der Waals surface area contributed by atoms with E-state index in [2.05, 4.69) is 20.9 Å². The molecule has 0 radical (unpaired) electrons. The number of amides is 1. The summed E-state index contributed by atoms with van der Waals surface area (Å²) in [7, 11) is 0. The van der Waals surface area contributed by atoms with Gasteiger partial charge in [-0.15, -0.1) is 0 Å². The topological polar surface area (TPSA) is 97.3 Å². The number of nitrogens with zero attached hydrogens (tertiary/aromatic N) is 2. The van der Waals surface area contributed by atoms with Crippen LogP contribution in [0.2, 0.25) is 0 Å². The molecule has 1 aliphatic rings. The summed E-state index contributed by atoms with van der Waals surface area (Å²) in [4.78, 5) is 30.5. The zero-order chi connectivity index (χ0) is 29.6. The zero-order valence-electron chi connectivity index (χ0n) is 23.5. The van der Waals surface area contributed by atoms with Crippen LogP contribution in [0.3, 0.4) is 0 Å². The van der Waals surface area contributed by atoms with Crippen molar-refractivity contribution in [2.75, 3.05) is 25.0 Å². The van der Waals surface area contributed by atoms with Crippen molar-refractivity contribution in [2.45, 2.75) is 64.2 Å². The van der Waals surface area contributed by atoms with Crippen molar-refractivity contribution in [1.82, 2.24) is 20.2 Å². The summed E-state index contributed by atoms with van der Waals surface area (Å²) in [5.41, 5.74) is 1.57. The fourth-order valence-corrected chi connectivity index (χ4v) is 4.43. The Morgan fingerprint density at radius 1 is 1.12 bits per heavy atom. The van der Waals surface area contributed by atoms with Gasteiger partial charge in [-0.2, -0.15) is 13.2 Å². The summed E-state index contributed by atoms with van der Waals surface area (Å²) < 4.78 is 44.3. The number of aromatic nitrogens is 2. The van der Waals surface area contributed by atoms with Gasteiger partial charge in [-0.05, 0) is 76.8 Å². The van der Waals surface area contributed by atoms with Gasteiger partial charge in [0.25, 0.3) is 11.5 Å². The van der Waals surface area contributed by atoms with Gasteiger partial charge >= 0.3 is 6.18 Å². The molecule has 220 valence electrons. The Balaban J connectivity index is 1.46. The van der Waals surface area contributed by atoms with E-state index in [9.17, 15) is 22.8 Å². The molecule has 0 spiro atoms. The van der Waals surface area contributed by atoms with Crippen molar-refractivity contribution in [1.29, 1.82) is 0 Å². The van der Waals surface area contributed by atoms with Crippen LogP contribution in [0, 0.1) is 6.92 Å². The quantitative estimate of drug-likeness (QED) is 0.247. The van der Waals surface area contributed by atoms with E-state index in [0.717, 1.165) is 24.0 Å². The molecule has 1 amide bonds. The molecule has 0 saturated heterocycles. The molecule has 4 rings (SSSR count). The summed E-state index contributed by atoms with van der Waals surface area (Å²) in [6.45, 7) is 5.26. The molecule has 41 heavy (non-hydrogen) atoms. The molecule has 3 aromatic rings. The Bertz CT molecular complexity index is 1420. The van der Waals surface area contributed by atoms with E-state index in [0.29, 0.717) is 36.4 Å². The summed E-state index contributed by atoms with van der Waals surface area (Å²) in [6.07, 6.45) is 1.97. The maximum Gasteiger partial charge on any atom is 0.401 e. The van der Waals surface area contributed by atoms with Gasteiger partial charge in [0.15, 0.2) is 5.82 Å². The maximum absolute atomic E-state index is 13.6. The molecular weight excluding hydrogens is 535 g/mol. The molecule has 1 fully saturated rings. The molecule has 2 aromatic carbocycles. The Kier molecular flexibility index (Phi) is 9.37. The van der Waals surface area contributed by atoms with Crippen molar-refractivity contribution in [2.24, 2.45) is 0 Å². The Hall–Kier alpha value is -3.86. The number of anilines is 1. The number of alkyl halides is 3. The van der Waals surface area contributed by atoms with Crippen molar-refractivity contribution in [3.8, 4) is 11.4 Å². The Morgan fingerprint density at radius 2 is 1.88 bits per heavy atom. The number of benzene rings is 2. The van der Waals surface area contributed by atoms with Gasteiger partial charge in [-0.25, -0.2) is 4.98 Å². The molecule has 0 aliphatic heterocycles. The second-order valence-electron chi connectivity index (χ2n) is 10.8. The number of hydrogen-bond acceptors (Lipinski definition) is 6. The molecular formula is C30H36F3N5O3. The van der Waals surface area contributed by atoms with Gasteiger partial charge in [0, 0.05) is 29.6 Å². The van der Waals surface area contributed by atoms with Gasteiger partial charge in [-0.1, -0.05) is 24.3 Å². The third-order valence-corrected chi connectivity index (χ3v) is 6.81. The molecule has 8 nitrogen and oxygen atoms in total. The number of nitrogens with one attached hydrogen (secondary N) is 3. The largest absolute Gasteiger partial charge is 0.493 e. The number of ether oxygens (including phenoxy) is 1. The minimum atomic E-state index is -4.22. The zero-order valence-corrected chi connectivity index (χ0v) is 23.5. The van der Waals surface area contributed by atoms with Crippen molar-refractivity contribution >= 4 is 11.7 Å². The minimum absolute atomic E-state index is 0.135. The van der Waals surface area contributed by atoms with Gasteiger partial charge in [0.1, 0.15) is 5.75 Å². The smallest absolute Gasteiger partial charge is 0.401 e. The molecule has 11 heteroatoms. The number of unbranched alkanes of at least 4 members (excludes halogenated alkanes) is 1. The van der Waals surface area contributed by atoms with E-state index >= 15 is 0 Å². The van der Waals surface area contributed by atoms with Gasteiger partial charge < -0.3 is 20.7 Å². The van der Waals surface area contributed by atoms with Crippen LogP contribution in [0.4, 0.5) is 19.0 Å². The number of para-hydroxylation sites is 1. The normalized spacial score (nSPS) is 13.6. The van der Waals surface area contributed by atoms with Crippen LogP contribution in [0.1, 0.15) is 61.0 Å². The lowest BCUT2D eigenvalue weighted by Crippen LogP contribution is -2.34. The van der Waals surface area contributed by atoms with E-state index in [1.54, 1.807) is 18.3 Å². The molecule has 1 aliphatic carbocycles. The summed E-state index contributed by atoms with van der Waals surface area (Å²) in [5.74, 6) is 0.578. The van der Waals surface area contributed by atoms with Gasteiger partial charge in [0.2, 0.25) is 0 Å². The minimum Gasteiger partial charge on any atom is -0.493 e. The van der Waals surface area contributed by atoms with Gasteiger partial charge in [-0.3, -0.25) is 14.2 Å². The van der Waals surface area contributed by atoms with Crippen LogP contribution in [0.15, 0.2) is 59.7 Å². The van der Waals surface area contributed by atoms with E-state index in [1.807, 2.05) is 51.1 Å². The molecule has 0 unspecified atom stereocenters. The lowest BCUT2D eigenvalue weighted by molar-refractivity contribution is -0.124. The van der Waals surface area contributed by atoms with E-state index < -0.39 is 18.3 Å². The third-order valence-electron chi connectivity index (χ3n) is 6.81. The molecule has 1 heterocycles. The molecule has 0 bridgehead atoms. The van der Waals surface area contributed by atoms with Crippen LogP contribution in [-0.4, -0.2) is 47.4 Å². The van der Waals surface area contributed by atoms with E-state index in [4.69, 9.17) is 4.74 Å². The first kappa shape index (κ1) is 30.1. The van der Waals surface area contributed by atoms with Crippen LogP contribution < -0.4 is 26.2 Å². The molecule has 0 atom stereocenters. The number of rotatable bonds is 13. The van der Waals surface area contributed by atoms with Crippen molar-refractivity contribution in [3.63, 3.8) is 0 Å². The predicted octanol–water partition coefficient (Wildman–Crippen LogP) is 5.09. The van der Waals surface area contributed by atoms with Crippen molar-refractivity contribution in [3.05, 3.63) is 81.9 Å². The SMILES string of the molecule is Cc1ccc(C(=O)NC2CC2)cc1-n1ccnc(NC(C)(C)c2ccccc2OCCCCNCC(F)(F)F)c1=O. The standard InChI is InChI=1S/C30H36F3N5O3/c1-20-10-11-21(27(39)36-22-12-13-22)18-24(20)38-16-15-35-26(28(38)40)37-29(2,3)23-8-4-5-9-25(23)41-17-7-6-14-34-19-30(31,32)33/h4-5,8-11,15-16,18,22,34H,6-7,12-14,17,19H2,1-3H3,(H,35,37)(H,36,39). The van der Waals surface area contributed by atoms with E-state index in [1.165, 1.54) is 10.8 Å². The Labute approximate surface area is 237 Å². The molecule has 1 saturated carbocycles. The number of carbonyl (C=O) groups is 1. The second-order valence-corrected chi connectivity index (χ2v) is 10.8. The number of aryl methyl sites for hydroxylation is 1. The first-order chi connectivity index (χ1) is 19.4. The maximum atomic E-state index is 13.6. The lowest BCUT2D eigenvalue weighted by Gasteiger charge is -2.29. The lowest BCUT2D eigenvalue weighted by atomic mass is 9.93. The predicted molar refractivity (Wildman–Crippen MR) is 152 cm³/mol. The van der Waals surface area contributed by atoms with Crippen LogP contribution in [0.25, 0.3) is 5.69 Å². The number of halogens is 3. The molecule has 1 aromatic heterocycles. The van der Waals surface area contributed by atoms with Crippen LogP contribution in [0.5, 0.6) is 5.75 Å². The third kappa shape index (κ3) is 8.32. The first-order valence-electron chi connectivity index (χ1n) is 13.7. The van der Waals surface area contributed by atoms with Gasteiger partial charge in [0.05, 0.1) is 24.4 Å². The highest BCUT2D eigenvalue weighted by Crippen LogP contribution is 2.32. The average molecular weight is 572 g/mol. The fraction of sp³-hybridized carbons (Fsp3) is 0.433. The second kappa shape index (κ2) is 12.8. The van der Waals surface area contributed by atoms with Crippen molar-refractivity contribution < 1.29 is 22.7 Å². The highest BCUT2D eigenvalue weighted by molar-refractivity contribution is 5.95. The van der Waals surface area contributed by atoms with E-state index in [-0.39, 0.29) is 29.9 Å². The summed E-state index contributed by atoms with van der Waals surface area (Å²) in [5, 5.41) is 8.61. The number of hydrogen-bond donors (Lipinski definition) is 3. The molecule has 3 N–H and O–H groups in total. The number of carbonyl (C=O) groups excluding carboxylic acids is 1. The average Bonchev–Trinajstić information content (AvgIpc) is 3.73. The monoisotopic (exact) mass is 571 g/mol. The first-order valence-corrected chi connectivity index (χ1v) is 13.7. The van der Waals surface area contributed by atoms with Crippen LogP contribution >= 0.6 is 0 Å². The summed E-state index contributed by atoms with van der Waals surface area (Å²) >= 11 is 0. The Morgan fingerprint density at radius 3 is 2.61 bits per heavy atom. The van der Waals surface area contributed by atoms with Crippen LogP contribution in [-0.2, 0) is 5.54 Å². The highest BCUT2D eigenvalue weighted by Gasteiger charge is 2.28. The highest BCUT2D eigenvalue weighted by atomic mass is 19.4. The summed E-state index contributed by atoms with van der Waals surface area (Å²) in [6, 6.07) is 12.9. The fourth-order valence-electron chi connectivity index (χ4n) is 4.43.